The molecule has 2 aliphatic carbocycles. The molecule has 5 heteroatoms. The highest BCUT2D eigenvalue weighted by molar-refractivity contribution is 5.80. The molecule has 1 aliphatic heterocycles. The Labute approximate surface area is 190 Å². The fourth-order valence-corrected chi connectivity index (χ4v) is 5.28. The van der Waals surface area contributed by atoms with Crippen LogP contribution in [-0.4, -0.2) is 48.7 Å². The number of methoxy groups -OCH3 is 1. The van der Waals surface area contributed by atoms with Gasteiger partial charge in [-0.1, -0.05) is 17.9 Å². The monoisotopic (exact) mass is 430 g/mol. The maximum absolute atomic E-state index is 12.1. The molecule has 0 N–H and O–H groups in total. The predicted octanol–water partition coefficient (Wildman–Crippen LogP) is 3.62. The normalized spacial score (nSPS) is 19.6. The first-order valence-corrected chi connectivity index (χ1v) is 11.5. The number of esters is 1. The largest absolute Gasteiger partial charge is 0.475 e. The Morgan fingerprint density at radius 3 is 2.47 bits per heavy atom. The number of nitrogens with zero attached hydrogens (tertiary/aromatic N) is 2. The van der Waals surface area contributed by atoms with E-state index in [1.807, 2.05) is 26.0 Å². The third kappa shape index (κ3) is 4.12. The van der Waals surface area contributed by atoms with Crippen molar-refractivity contribution in [1.29, 1.82) is 0 Å². The van der Waals surface area contributed by atoms with Crippen molar-refractivity contribution in [2.45, 2.75) is 45.6 Å². The summed E-state index contributed by atoms with van der Waals surface area (Å²) in [5.41, 5.74) is 4.90. The van der Waals surface area contributed by atoms with Crippen molar-refractivity contribution in [3.8, 4) is 17.7 Å². The van der Waals surface area contributed by atoms with Crippen LogP contribution < -0.4 is 4.74 Å². The summed E-state index contributed by atoms with van der Waals surface area (Å²) in [5, 5.41) is 0. The van der Waals surface area contributed by atoms with E-state index in [-0.39, 0.29) is 17.5 Å². The van der Waals surface area contributed by atoms with E-state index >= 15 is 0 Å². The molecule has 2 fully saturated rings. The molecule has 2 heterocycles. The molecule has 0 unspecified atom stereocenters. The van der Waals surface area contributed by atoms with E-state index in [2.05, 4.69) is 39.9 Å². The van der Waals surface area contributed by atoms with Gasteiger partial charge >= 0.3 is 5.97 Å². The zero-order valence-corrected chi connectivity index (χ0v) is 19.1. The zero-order valence-electron chi connectivity index (χ0n) is 19.1. The molecule has 32 heavy (non-hydrogen) atoms. The Bertz CT molecular complexity index is 1080. The number of likely N-dealkylation sites (tertiary alicyclic amines) is 1. The lowest BCUT2D eigenvalue weighted by atomic mass is 9.76. The fourth-order valence-electron chi connectivity index (χ4n) is 5.28. The minimum Gasteiger partial charge on any atom is -0.475 e. The molecule has 1 saturated carbocycles. The maximum atomic E-state index is 12.1. The van der Waals surface area contributed by atoms with Crippen molar-refractivity contribution in [3.05, 3.63) is 58.8 Å². The number of aromatic nitrogens is 1. The number of benzene rings is 1. The van der Waals surface area contributed by atoms with E-state index < -0.39 is 0 Å². The van der Waals surface area contributed by atoms with Gasteiger partial charge < -0.3 is 14.4 Å². The number of ether oxygens (including phenoxy) is 2. The summed E-state index contributed by atoms with van der Waals surface area (Å²) in [6, 6.07) is 10.4. The van der Waals surface area contributed by atoms with Crippen molar-refractivity contribution in [2.24, 2.45) is 10.8 Å². The molecule has 0 bridgehead atoms. The molecule has 5 rings (SSSR count). The molecular formula is C27H30N2O3. The van der Waals surface area contributed by atoms with Gasteiger partial charge in [0, 0.05) is 48.4 Å². The van der Waals surface area contributed by atoms with Gasteiger partial charge in [0.1, 0.15) is 0 Å². The van der Waals surface area contributed by atoms with Crippen molar-refractivity contribution in [2.75, 3.05) is 26.7 Å². The first kappa shape index (κ1) is 21.0. The standard InChI is InChI=1S/C27H30N2O3/c1-19(2)32-24-9-7-21(15-28-24)5-4-20-6-8-22-13-26(14-23(22)12-20)16-29(17-26)18-27(10-11-27)25(30)31-3/h6-9,12,15,19H,10-11,13-14,16-18H2,1-3H3. The van der Waals surface area contributed by atoms with Crippen LogP contribution in [-0.2, 0) is 22.4 Å². The number of hydrogen-bond donors (Lipinski definition) is 0. The minimum atomic E-state index is -0.224. The molecule has 166 valence electrons. The molecule has 1 spiro atoms. The fraction of sp³-hybridized carbons (Fsp3) is 0.481. The number of carbonyl (C=O) groups is 1. The van der Waals surface area contributed by atoms with Crippen LogP contribution in [0.1, 0.15) is 48.9 Å². The number of hydrogen-bond acceptors (Lipinski definition) is 5. The summed E-state index contributed by atoms with van der Waals surface area (Å²) in [5.74, 6) is 7.10. The van der Waals surface area contributed by atoms with Gasteiger partial charge in [-0.05, 0) is 68.9 Å². The van der Waals surface area contributed by atoms with Gasteiger partial charge in [-0.2, -0.15) is 0 Å². The molecule has 0 radical (unpaired) electrons. The van der Waals surface area contributed by atoms with Crippen LogP contribution in [0.5, 0.6) is 5.88 Å². The van der Waals surface area contributed by atoms with E-state index in [9.17, 15) is 4.79 Å². The molecule has 1 aromatic heterocycles. The molecule has 1 aromatic carbocycles. The van der Waals surface area contributed by atoms with Gasteiger partial charge in [-0.3, -0.25) is 4.79 Å². The van der Waals surface area contributed by atoms with Gasteiger partial charge in [-0.15, -0.1) is 0 Å². The van der Waals surface area contributed by atoms with Gasteiger partial charge in [0.05, 0.1) is 18.6 Å². The van der Waals surface area contributed by atoms with Gasteiger partial charge in [0.15, 0.2) is 0 Å². The lowest BCUT2D eigenvalue weighted by Gasteiger charge is -2.49. The van der Waals surface area contributed by atoms with Crippen LogP contribution in [0.25, 0.3) is 0 Å². The molecule has 5 nitrogen and oxygen atoms in total. The second-order valence-corrected chi connectivity index (χ2v) is 10.1. The molecule has 0 atom stereocenters. The topological polar surface area (TPSA) is 51.7 Å². The molecule has 2 aromatic rings. The smallest absolute Gasteiger partial charge is 0.313 e. The summed E-state index contributed by atoms with van der Waals surface area (Å²) in [4.78, 5) is 18.8. The second kappa shape index (κ2) is 7.94. The zero-order chi connectivity index (χ0) is 22.3. The summed E-state index contributed by atoms with van der Waals surface area (Å²) >= 11 is 0. The average Bonchev–Trinajstić information content (AvgIpc) is 3.43. The number of carbonyl (C=O) groups excluding carboxylic acids is 1. The number of fused-ring (bicyclic) bond motifs is 1. The van der Waals surface area contributed by atoms with Crippen LogP contribution in [0.4, 0.5) is 0 Å². The van der Waals surface area contributed by atoms with Crippen LogP contribution >= 0.6 is 0 Å². The Kier molecular flexibility index (Phi) is 5.22. The van der Waals surface area contributed by atoms with Crippen LogP contribution in [0.15, 0.2) is 36.5 Å². The Morgan fingerprint density at radius 1 is 1.09 bits per heavy atom. The highest BCUT2D eigenvalue weighted by Crippen LogP contribution is 2.51. The van der Waals surface area contributed by atoms with E-state index in [0.717, 1.165) is 56.4 Å². The van der Waals surface area contributed by atoms with Crippen molar-refractivity contribution in [3.63, 3.8) is 0 Å². The van der Waals surface area contributed by atoms with E-state index in [4.69, 9.17) is 9.47 Å². The highest BCUT2D eigenvalue weighted by atomic mass is 16.5. The first-order chi connectivity index (χ1) is 15.4. The van der Waals surface area contributed by atoms with Gasteiger partial charge in [-0.25, -0.2) is 4.98 Å². The van der Waals surface area contributed by atoms with Crippen molar-refractivity contribution >= 4 is 5.97 Å². The molecule has 0 amide bonds. The van der Waals surface area contributed by atoms with Gasteiger partial charge in [0.2, 0.25) is 5.88 Å². The Balaban J connectivity index is 1.20. The van der Waals surface area contributed by atoms with Crippen LogP contribution in [0.2, 0.25) is 0 Å². The minimum absolute atomic E-state index is 0.0336. The molecular weight excluding hydrogens is 400 g/mol. The lowest BCUT2D eigenvalue weighted by Crippen LogP contribution is -2.58. The predicted molar refractivity (Wildman–Crippen MR) is 122 cm³/mol. The van der Waals surface area contributed by atoms with E-state index in [1.54, 1.807) is 6.20 Å². The molecule has 3 aliphatic rings. The summed E-state index contributed by atoms with van der Waals surface area (Å²) in [6.07, 6.45) is 6.03. The third-order valence-electron chi connectivity index (χ3n) is 6.90. The Hall–Kier alpha value is -2.84. The van der Waals surface area contributed by atoms with E-state index in [0.29, 0.717) is 11.3 Å². The summed E-state index contributed by atoms with van der Waals surface area (Å²) < 4.78 is 10.6. The highest BCUT2D eigenvalue weighted by Gasteiger charge is 2.56. The maximum Gasteiger partial charge on any atom is 0.313 e. The van der Waals surface area contributed by atoms with Crippen LogP contribution in [0, 0.1) is 22.7 Å². The Morgan fingerprint density at radius 2 is 1.81 bits per heavy atom. The number of pyridine rings is 1. The SMILES string of the molecule is COC(=O)C1(CN2CC3(Cc4ccc(C#Cc5ccc(OC(C)C)nc5)cc4C3)C2)CC1. The van der Waals surface area contributed by atoms with Crippen molar-refractivity contribution < 1.29 is 14.3 Å². The van der Waals surface area contributed by atoms with Crippen LogP contribution in [0.3, 0.4) is 0 Å². The summed E-state index contributed by atoms with van der Waals surface area (Å²) in [7, 11) is 1.50. The third-order valence-corrected chi connectivity index (χ3v) is 6.90. The molecule has 1 saturated heterocycles. The van der Waals surface area contributed by atoms with E-state index in [1.165, 1.54) is 18.2 Å². The summed E-state index contributed by atoms with van der Waals surface area (Å²) in [6.45, 7) is 6.96. The number of rotatable bonds is 5. The lowest BCUT2D eigenvalue weighted by molar-refractivity contribution is -0.149. The quantitative estimate of drug-likeness (QED) is 0.536. The second-order valence-electron chi connectivity index (χ2n) is 10.1. The first-order valence-electron chi connectivity index (χ1n) is 11.5. The average molecular weight is 431 g/mol. The van der Waals surface area contributed by atoms with Crippen molar-refractivity contribution in [1.82, 2.24) is 9.88 Å². The van der Waals surface area contributed by atoms with Gasteiger partial charge in [0.25, 0.3) is 0 Å².